The highest BCUT2D eigenvalue weighted by Gasteiger charge is 2.23. The number of carbonyl (C=O) groups is 1. The molecule has 0 unspecified atom stereocenters. The Balaban J connectivity index is 2.14. The Kier molecular flexibility index (Phi) is 4.22. The molecule has 3 aromatic rings. The zero-order chi connectivity index (χ0) is 17.4. The lowest BCUT2D eigenvalue weighted by Gasteiger charge is -2.06. The number of carbonyl (C=O) groups excluding carboxylic acids is 1. The standard InChI is InChI=1S/C16H12Cl2N4O2/c1-8(2)24-16(23)13-12(19-3)7-22-15(13)20-14(21-22)9-4-10(17)6-11(18)5-9/h4-8H,1-2H3,(H,20,21). The maximum absolute atomic E-state index is 12.3. The first-order valence-corrected chi connectivity index (χ1v) is 7.80. The summed E-state index contributed by atoms with van der Waals surface area (Å²) in [5.41, 5.74) is 1.30. The van der Waals surface area contributed by atoms with Crippen molar-refractivity contribution in [2.75, 3.05) is 0 Å². The van der Waals surface area contributed by atoms with Gasteiger partial charge in [-0.15, -0.1) is 0 Å². The molecule has 122 valence electrons. The van der Waals surface area contributed by atoms with E-state index < -0.39 is 5.97 Å². The highest BCUT2D eigenvalue weighted by molar-refractivity contribution is 6.35. The molecule has 0 aliphatic carbocycles. The van der Waals surface area contributed by atoms with Gasteiger partial charge >= 0.3 is 5.97 Å². The van der Waals surface area contributed by atoms with Crippen LogP contribution in [0.2, 0.25) is 10.0 Å². The molecule has 1 aromatic carbocycles. The van der Waals surface area contributed by atoms with Crippen molar-refractivity contribution in [3.63, 3.8) is 0 Å². The molecule has 0 radical (unpaired) electrons. The summed E-state index contributed by atoms with van der Waals surface area (Å²) < 4.78 is 6.72. The van der Waals surface area contributed by atoms with Gasteiger partial charge in [0, 0.05) is 21.8 Å². The topological polar surface area (TPSA) is 63.8 Å². The van der Waals surface area contributed by atoms with Gasteiger partial charge in [-0.2, -0.15) is 0 Å². The van der Waals surface area contributed by atoms with Gasteiger partial charge in [0.25, 0.3) is 0 Å². The van der Waals surface area contributed by atoms with E-state index in [1.165, 1.54) is 10.7 Å². The van der Waals surface area contributed by atoms with Crippen LogP contribution >= 0.6 is 23.2 Å². The number of hydrogen-bond donors (Lipinski definition) is 1. The quantitative estimate of drug-likeness (QED) is 0.539. The highest BCUT2D eigenvalue weighted by Crippen LogP contribution is 2.30. The molecular weight excluding hydrogens is 351 g/mol. The van der Waals surface area contributed by atoms with E-state index in [9.17, 15) is 4.79 Å². The van der Waals surface area contributed by atoms with Crippen LogP contribution in [0.4, 0.5) is 5.69 Å². The molecule has 0 aliphatic rings. The molecule has 0 atom stereocenters. The summed E-state index contributed by atoms with van der Waals surface area (Å²) in [5.74, 6) is -0.106. The number of aromatic amines is 1. The number of rotatable bonds is 3. The average Bonchev–Trinajstić information content (AvgIpc) is 3.01. The fraction of sp³-hybridized carbons (Fsp3) is 0.188. The molecule has 0 spiro atoms. The van der Waals surface area contributed by atoms with Crippen LogP contribution in [0.3, 0.4) is 0 Å². The second kappa shape index (κ2) is 6.19. The van der Waals surface area contributed by atoms with E-state index in [1.807, 2.05) is 0 Å². The van der Waals surface area contributed by atoms with Crippen molar-refractivity contribution in [1.82, 2.24) is 14.6 Å². The lowest BCUT2D eigenvalue weighted by Crippen LogP contribution is -2.11. The normalized spacial score (nSPS) is 11.0. The van der Waals surface area contributed by atoms with E-state index in [0.29, 0.717) is 27.1 Å². The van der Waals surface area contributed by atoms with Crippen LogP contribution < -0.4 is 0 Å². The summed E-state index contributed by atoms with van der Waals surface area (Å²) in [6, 6.07) is 5.02. The number of hydrogen-bond acceptors (Lipinski definition) is 3. The van der Waals surface area contributed by atoms with E-state index >= 15 is 0 Å². The number of H-pyrrole nitrogens is 1. The number of nitrogens with one attached hydrogen (secondary N) is 1. The fourth-order valence-electron chi connectivity index (χ4n) is 2.30. The van der Waals surface area contributed by atoms with Gasteiger partial charge in [0.15, 0.2) is 11.5 Å². The summed E-state index contributed by atoms with van der Waals surface area (Å²) in [6.45, 7) is 10.7. The van der Waals surface area contributed by atoms with Crippen LogP contribution in [0, 0.1) is 6.57 Å². The Morgan fingerprint density at radius 3 is 2.58 bits per heavy atom. The van der Waals surface area contributed by atoms with Crippen LogP contribution in [-0.2, 0) is 4.74 Å². The van der Waals surface area contributed by atoms with Crippen LogP contribution in [0.25, 0.3) is 21.9 Å². The summed E-state index contributed by atoms with van der Waals surface area (Å²) in [7, 11) is 0. The molecule has 3 rings (SSSR count). The Labute approximate surface area is 147 Å². The molecule has 0 fully saturated rings. The number of fused-ring (bicyclic) bond motifs is 1. The minimum atomic E-state index is -0.583. The molecule has 2 aromatic heterocycles. The van der Waals surface area contributed by atoms with Crippen LogP contribution in [0.15, 0.2) is 24.4 Å². The maximum atomic E-state index is 12.3. The van der Waals surface area contributed by atoms with Gasteiger partial charge in [-0.25, -0.2) is 14.6 Å². The molecule has 6 nitrogen and oxygen atoms in total. The summed E-state index contributed by atoms with van der Waals surface area (Å²) >= 11 is 12.0. The third kappa shape index (κ3) is 2.96. The first-order valence-electron chi connectivity index (χ1n) is 7.05. The average molecular weight is 363 g/mol. The Morgan fingerprint density at radius 1 is 1.33 bits per heavy atom. The highest BCUT2D eigenvalue weighted by atomic mass is 35.5. The van der Waals surface area contributed by atoms with Crippen molar-refractivity contribution in [3.8, 4) is 11.4 Å². The fourth-order valence-corrected chi connectivity index (χ4v) is 2.82. The van der Waals surface area contributed by atoms with Crippen molar-refractivity contribution >= 4 is 40.5 Å². The van der Waals surface area contributed by atoms with E-state index in [2.05, 4.69) is 14.9 Å². The van der Waals surface area contributed by atoms with Gasteiger partial charge in [0.1, 0.15) is 5.56 Å². The minimum Gasteiger partial charge on any atom is -0.460 e. The SMILES string of the molecule is [C-]#[N+]c1cn2[nH]c(-c3cc(Cl)cc(Cl)c3)nc2c1C(=O)OC(C)C. The smallest absolute Gasteiger partial charge is 0.331 e. The van der Waals surface area contributed by atoms with E-state index in [0.717, 1.165) is 0 Å². The number of halogens is 2. The lowest BCUT2D eigenvalue weighted by atomic mass is 10.2. The summed E-state index contributed by atoms with van der Waals surface area (Å²) in [4.78, 5) is 20.1. The van der Waals surface area contributed by atoms with Gasteiger partial charge in [-0.05, 0) is 32.0 Å². The second-order valence-corrected chi connectivity index (χ2v) is 6.25. The third-order valence-electron chi connectivity index (χ3n) is 3.21. The molecule has 24 heavy (non-hydrogen) atoms. The first kappa shape index (κ1) is 16.4. The van der Waals surface area contributed by atoms with E-state index in [1.54, 1.807) is 32.0 Å². The Morgan fingerprint density at radius 2 is 2.00 bits per heavy atom. The monoisotopic (exact) mass is 362 g/mol. The molecule has 1 N–H and O–H groups in total. The van der Waals surface area contributed by atoms with Crippen LogP contribution in [0.5, 0.6) is 0 Å². The third-order valence-corrected chi connectivity index (χ3v) is 3.64. The number of esters is 1. The minimum absolute atomic E-state index is 0.134. The Hall–Kier alpha value is -2.49. The number of benzene rings is 1. The molecular formula is C16H12Cl2N4O2. The van der Waals surface area contributed by atoms with Crippen LogP contribution in [-0.4, -0.2) is 26.7 Å². The number of nitrogens with zero attached hydrogens (tertiary/aromatic N) is 3. The molecule has 0 saturated heterocycles. The molecule has 0 saturated carbocycles. The second-order valence-electron chi connectivity index (χ2n) is 5.38. The van der Waals surface area contributed by atoms with Crippen LogP contribution in [0.1, 0.15) is 24.2 Å². The van der Waals surface area contributed by atoms with Gasteiger partial charge in [0.05, 0.1) is 12.7 Å². The first-order chi connectivity index (χ1) is 11.4. The Bertz CT molecular complexity index is 962. The molecule has 0 bridgehead atoms. The number of aromatic nitrogens is 3. The molecule has 8 heteroatoms. The molecule has 2 heterocycles. The molecule has 0 aliphatic heterocycles. The van der Waals surface area contributed by atoms with Gasteiger partial charge in [-0.1, -0.05) is 23.2 Å². The van der Waals surface area contributed by atoms with Crippen molar-refractivity contribution in [3.05, 3.63) is 51.4 Å². The van der Waals surface area contributed by atoms with Crippen molar-refractivity contribution in [2.24, 2.45) is 0 Å². The maximum Gasteiger partial charge on any atom is 0.331 e. The van der Waals surface area contributed by atoms with Gasteiger partial charge in [0.2, 0.25) is 5.69 Å². The predicted octanol–water partition coefficient (Wildman–Crippen LogP) is 4.75. The van der Waals surface area contributed by atoms with Gasteiger partial charge in [-0.3, -0.25) is 9.61 Å². The lowest BCUT2D eigenvalue weighted by molar-refractivity contribution is 0.0381. The van der Waals surface area contributed by atoms with E-state index in [-0.39, 0.29) is 17.4 Å². The summed E-state index contributed by atoms with van der Waals surface area (Å²) in [6.07, 6.45) is 1.21. The zero-order valence-electron chi connectivity index (χ0n) is 12.8. The predicted molar refractivity (Wildman–Crippen MR) is 91.8 cm³/mol. The van der Waals surface area contributed by atoms with Crippen molar-refractivity contribution in [2.45, 2.75) is 20.0 Å². The van der Waals surface area contributed by atoms with E-state index in [4.69, 9.17) is 34.5 Å². The summed E-state index contributed by atoms with van der Waals surface area (Å²) in [5, 5.41) is 3.95. The largest absolute Gasteiger partial charge is 0.460 e. The van der Waals surface area contributed by atoms with Crippen molar-refractivity contribution < 1.29 is 9.53 Å². The van der Waals surface area contributed by atoms with Crippen molar-refractivity contribution in [1.29, 1.82) is 0 Å². The number of ether oxygens (including phenoxy) is 1. The molecule has 0 amide bonds. The van der Waals surface area contributed by atoms with Gasteiger partial charge < -0.3 is 4.74 Å². The zero-order valence-corrected chi connectivity index (χ0v) is 14.3.